The molecule has 5 heteroatoms. The quantitative estimate of drug-likeness (QED) is 0.880. The highest BCUT2D eigenvalue weighted by Gasteiger charge is 2.35. The third-order valence-corrected chi connectivity index (χ3v) is 4.05. The summed E-state index contributed by atoms with van der Waals surface area (Å²) in [4.78, 5) is 13.9. The number of ether oxygens (including phenoxy) is 1. The summed E-state index contributed by atoms with van der Waals surface area (Å²) >= 11 is 0. The van der Waals surface area contributed by atoms with E-state index in [9.17, 15) is 14.3 Å². The smallest absolute Gasteiger partial charge is 0.410 e. The second-order valence-electron chi connectivity index (χ2n) is 5.99. The number of rotatable bonds is 6. The van der Waals surface area contributed by atoms with Gasteiger partial charge >= 0.3 is 6.09 Å². The fourth-order valence-corrected chi connectivity index (χ4v) is 2.54. The Balaban J connectivity index is 1.59. The van der Waals surface area contributed by atoms with Gasteiger partial charge in [-0.3, -0.25) is 0 Å². The molecule has 1 aliphatic rings. The molecule has 0 spiro atoms. The van der Waals surface area contributed by atoms with E-state index >= 15 is 0 Å². The number of carbonyl (C=O) groups is 1. The molecule has 2 aromatic carbocycles. The number of hydrogen-bond donors (Lipinski definition) is 1. The number of hydrogen-bond acceptors (Lipinski definition) is 3. The van der Waals surface area contributed by atoms with E-state index in [1.807, 2.05) is 30.3 Å². The Bertz CT molecular complexity index is 671. The number of halogens is 1. The molecule has 1 saturated carbocycles. The zero-order valence-electron chi connectivity index (χ0n) is 13.3. The summed E-state index contributed by atoms with van der Waals surface area (Å²) in [6.45, 7) is 0.347. The minimum Gasteiger partial charge on any atom is -0.445 e. The summed E-state index contributed by atoms with van der Waals surface area (Å²) in [5.41, 5.74) is 1.50. The SMILES string of the molecule is O=C(OCc1ccccc1)N(CC(O)c1ccc(F)cc1)C1CC1. The predicted octanol–water partition coefficient (Wildman–Crippen LogP) is 3.66. The van der Waals surface area contributed by atoms with E-state index in [1.165, 1.54) is 24.3 Å². The molecule has 1 fully saturated rings. The zero-order chi connectivity index (χ0) is 16.9. The lowest BCUT2D eigenvalue weighted by Crippen LogP contribution is -2.37. The van der Waals surface area contributed by atoms with Gasteiger partial charge in [0.05, 0.1) is 12.6 Å². The molecule has 0 heterocycles. The number of nitrogens with zero attached hydrogens (tertiary/aromatic N) is 1. The van der Waals surface area contributed by atoms with Crippen molar-refractivity contribution in [1.82, 2.24) is 4.90 Å². The van der Waals surface area contributed by atoms with Crippen LogP contribution in [-0.4, -0.2) is 28.7 Å². The van der Waals surface area contributed by atoms with Gasteiger partial charge in [0.2, 0.25) is 0 Å². The van der Waals surface area contributed by atoms with E-state index in [4.69, 9.17) is 4.74 Å². The van der Waals surface area contributed by atoms with Crippen LogP contribution in [-0.2, 0) is 11.3 Å². The Morgan fingerprint density at radius 2 is 1.83 bits per heavy atom. The maximum atomic E-state index is 13.0. The average Bonchev–Trinajstić information content (AvgIpc) is 3.44. The van der Waals surface area contributed by atoms with Crippen LogP contribution in [0.1, 0.15) is 30.1 Å². The van der Waals surface area contributed by atoms with Gasteiger partial charge in [-0.1, -0.05) is 42.5 Å². The molecule has 0 radical (unpaired) electrons. The molecule has 1 unspecified atom stereocenters. The van der Waals surface area contributed by atoms with E-state index in [1.54, 1.807) is 4.90 Å². The monoisotopic (exact) mass is 329 g/mol. The summed E-state index contributed by atoms with van der Waals surface area (Å²) < 4.78 is 18.3. The maximum absolute atomic E-state index is 13.0. The van der Waals surface area contributed by atoms with Gasteiger partial charge in [-0.05, 0) is 36.1 Å². The molecule has 0 saturated heterocycles. The molecule has 1 amide bonds. The topological polar surface area (TPSA) is 49.8 Å². The van der Waals surface area contributed by atoms with Crippen molar-refractivity contribution in [3.8, 4) is 0 Å². The first-order valence-electron chi connectivity index (χ1n) is 8.04. The number of amides is 1. The average molecular weight is 329 g/mol. The van der Waals surface area contributed by atoms with Crippen LogP contribution in [0, 0.1) is 5.82 Å². The Hall–Kier alpha value is -2.40. The molecule has 1 N–H and O–H groups in total. The third kappa shape index (κ3) is 4.32. The molecular formula is C19H20FNO3. The van der Waals surface area contributed by atoms with Crippen molar-refractivity contribution in [1.29, 1.82) is 0 Å². The van der Waals surface area contributed by atoms with E-state index in [0.29, 0.717) is 5.56 Å². The third-order valence-electron chi connectivity index (χ3n) is 4.05. The van der Waals surface area contributed by atoms with Crippen LogP contribution in [0.25, 0.3) is 0 Å². The summed E-state index contributed by atoms with van der Waals surface area (Å²) in [7, 11) is 0. The highest BCUT2D eigenvalue weighted by atomic mass is 19.1. The number of aliphatic hydroxyl groups excluding tert-OH is 1. The van der Waals surface area contributed by atoms with Crippen LogP contribution < -0.4 is 0 Å². The second-order valence-corrected chi connectivity index (χ2v) is 5.99. The van der Waals surface area contributed by atoms with Crippen LogP contribution >= 0.6 is 0 Å². The lowest BCUT2D eigenvalue weighted by molar-refractivity contribution is 0.0655. The lowest BCUT2D eigenvalue weighted by Gasteiger charge is -2.24. The number of benzene rings is 2. The van der Waals surface area contributed by atoms with Crippen molar-refractivity contribution < 1.29 is 19.0 Å². The molecule has 2 aromatic rings. The minimum atomic E-state index is -0.865. The van der Waals surface area contributed by atoms with E-state index in [2.05, 4.69) is 0 Å². The minimum absolute atomic E-state index is 0.114. The van der Waals surface area contributed by atoms with Gasteiger partial charge in [-0.2, -0.15) is 0 Å². The van der Waals surface area contributed by atoms with Crippen molar-refractivity contribution in [3.05, 3.63) is 71.5 Å². The number of aliphatic hydroxyl groups is 1. The van der Waals surface area contributed by atoms with Gasteiger partial charge in [0.15, 0.2) is 0 Å². The van der Waals surface area contributed by atoms with Gasteiger partial charge in [-0.25, -0.2) is 9.18 Å². The van der Waals surface area contributed by atoms with Crippen molar-refractivity contribution in [2.45, 2.75) is 31.6 Å². The van der Waals surface area contributed by atoms with Crippen LogP contribution in [0.5, 0.6) is 0 Å². The molecule has 0 aromatic heterocycles. The normalized spacial score (nSPS) is 14.9. The first-order valence-corrected chi connectivity index (χ1v) is 8.04. The zero-order valence-corrected chi connectivity index (χ0v) is 13.3. The van der Waals surface area contributed by atoms with Gasteiger partial charge in [0, 0.05) is 6.04 Å². The molecule has 4 nitrogen and oxygen atoms in total. The molecular weight excluding hydrogens is 309 g/mol. The van der Waals surface area contributed by atoms with E-state index in [-0.39, 0.29) is 25.0 Å². The summed E-state index contributed by atoms with van der Waals surface area (Å²) in [6, 6.07) is 15.2. The van der Waals surface area contributed by atoms with Crippen molar-refractivity contribution >= 4 is 6.09 Å². The highest BCUT2D eigenvalue weighted by molar-refractivity contribution is 5.68. The van der Waals surface area contributed by atoms with Gasteiger partial charge < -0.3 is 14.7 Å². The van der Waals surface area contributed by atoms with Crippen LogP contribution in [0.2, 0.25) is 0 Å². The van der Waals surface area contributed by atoms with Crippen molar-refractivity contribution in [2.24, 2.45) is 0 Å². The molecule has 1 aliphatic carbocycles. The Labute approximate surface area is 140 Å². The predicted molar refractivity (Wildman–Crippen MR) is 87.7 cm³/mol. The molecule has 0 bridgehead atoms. The van der Waals surface area contributed by atoms with Crippen molar-refractivity contribution in [3.63, 3.8) is 0 Å². The lowest BCUT2D eigenvalue weighted by atomic mass is 10.1. The first-order chi connectivity index (χ1) is 11.6. The first kappa shape index (κ1) is 16.5. The molecule has 24 heavy (non-hydrogen) atoms. The van der Waals surface area contributed by atoms with Crippen LogP contribution in [0.15, 0.2) is 54.6 Å². The largest absolute Gasteiger partial charge is 0.445 e. The Kier molecular flexibility index (Phi) is 5.11. The van der Waals surface area contributed by atoms with Crippen LogP contribution in [0.4, 0.5) is 9.18 Å². The molecule has 126 valence electrons. The summed E-state index contributed by atoms with van der Waals surface area (Å²) in [6.07, 6.45) is 0.533. The van der Waals surface area contributed by atoms with Gasteiger partial charge in [0.25, 0.3) is 0 Å². The Morgan fingerprint density at radius 1 is 1.17 bits per heavy atom. The van der Waals surface area contributed by atoms with E-state index < -0.39 is 12.2 Å². The molecule has 3 rings (SSSR count). The standard InChI is InChI=1S/C19H20FNO3/c20-16-8-6-15(7-9-16)18(22)12-21(17-10-11-17)19(23)24-13-14-4-2-1-3-5-14/h1-9,17-18,22H,10-13H2. The molecule has 0 aliphatic heterocycles. The molecule has 1 atom stereocenters. The summed E-state index contributed by atoms with van der Waals surface area (Å²) in [5, 5.41) is 10.3. The van der Waals surface area contributed by atoms with Crippen LogP contribution in [0.3, 0.4) is 0 Å². The van der Waals surface area contributed by atoms with Crippen molar-refractivity contribution in [2.75, 3.05) is 6.54 Å². The maximum Gasteiger partial charge on any atom is 0.410 e. The Morgan fingerprint density at radius 3 is 2.46 bits per heavy atom. The fourth-order valence-electron chi connectivity index (χ4n) is 2.54. The highest BCUT2D eigenvalue weighted by Crippen LogP contribution is 2.29. The number of carbonyl (C=O) groups excluding carboxylic acids is 1. The second kappa shape index (κ2) is 7.45. The van der Waals surface area contributed by atoms with Gasteiger partial charge in [-0.15, -0.1) is 0 Å². The fraction of sp³-hybridized carbons (Fsp3) is 0.316. The van der Waals surface area contributed by atoms with Gasteiger partial charge in [0.1, 0.15) is 12.4 Å². The van der Waals surface area contributed by atoms with E-state index in [0.717, 1.165) is 18.4 Å². The summed E-state index contributed by atoms with van der Waals surface area (Å²) in [5.74, 6) is -0.354.